The molecule has 0 fully saturated rings. The molecule has 6 rings (SSSR count). The third-order valence-electron chi connectivity index (χ3n) is 6.37. The number of halogens is 1. The van der Waals surface area contributed by atoms with Gasteiger partial charge in [-0.1, -0.05) is 72.3 Å². The zero-order chi connectivity index (χ0) is 26.1. The molecule has 184 valence electrons. The molecule has 0 aliphatic heterocycles. The van der Waals surface area contributed by atoms with Crippen molar-refractivity contribution in [3.8, 4) is 11.3 Å². The molecule has 0 saturated heterocycles. The summed E-state index contributed by atoms with van der Waals surface area (Å²) < 4.78 is 1.68. The summed E-state index contributed by atoms with van der Waals surface area (Å²) in [6.07, 6.45) is 1.59. The van der Waals surface area contributed by atoms with E-state index >= 15 is 0 Å². The maximum absolute atomic E-state index is 12.6. The molecule has 0 spiro atoms. The van der Waals surface area contributed by atoms with Crippen molar-refractivity contribution in [1.29, 1.82) is 0 Å². The number of amides is 1. The molecular formula is C29H22BClN6O. The lowest BCUT2D eigenvalue weighted by Crippen LogP contribution is -2.23. The second kappa shape index (κ2) is 10.1. The van der Waals surface area contributed by atoms with Crippen molar-refractivity contribution in [3.63, 3.8) is 0 Å². The molecule has 3 heterocycles. The topological polar surface area (TPSA) is 87.1 Å². The highest BCUT2D eigenvalue weighted by atomic mass is 35.5. The third-order valence-corrected chi connectivity index (χ3v) is 6.70. The fourth-order valence-corrected chi connectivity index (χ4v) is 4.59. The van der Waals surface area contributed by atoms with E-state index in [1.165, 1.54) is 0 Å². The van der Waals surface area contributed by atoms with Crippen molar-refractivity contribution in [2.75, 3.05) is 5.32 Å². The molecule has 7 nitrogen and oxygen atoms in total. The summed E-state index contributed by atoms with van der Waals surface area (Å²) in [5.41, 5.74) is 6.14. The minimum atomic E-state index is -0.138. The normalized spacial score (nSPS) is 11.2. The number of aromatic amines is 1. The second-order valence-electron chi connectivity index (χ2n) is 8.96. The molecule has 38 heavy (non-hydrogen) atoms. The van der Waals surface area contributed by atoms with Crippen LogP contribution >= 0.6 is 11.6 Å². The van der Waals surface area contributed by atoms with Gasteiger partial charge in [0.25, 0.3) is 5.91 Å². The summed E-state index contributed by atoms with van der Waals surface area (Å²) in [6.45, 7) is 0.989. The molecular weight excluding hydrogens is 495 g/mol. The largest absolute Gasteiger partial charge is 0.366 e. The standard InChI is InChI=1S/C29H22BClN6O/c30-22-17-34-37-27(14-25(36-28(22)37)21-6-2-3-7-23(21)31)32-15-18-9-11-19(12-10-18)16-33-29(38)26-13-20-5-1-4-8-24(20)35-26/h1-14,17,32,35H,15-16H2,(H,33,38). The van der Waals surface area contributed by atoms with Crippen LogP contribution in [0.3, 0.4) is 0 Å². The van der Waals surface area contributed by atoms with E-state index in [0.717, 1.165) is 33.4 Å². The van der Waals surface area contributed by atoms with Gasteiger partial charge in [-0.15, -0.1) is 0 Å². The number of para-hydroxylation sites is 1. The van der Waals surface area contributed by atoms with Crippen LogP contribution in [0, 0.1) is 0 Å². The zero-order valence-corrected chi connectivity index (χ0v) is 21.0. The average molecular weight is 517 g/mol. The summed E-state index contributed by atoms with van der Waals surface area (Å²) in [6, 6.07) is 27.2. The van der Waals surface area contributed by atoms with Crippen LogP contribution in [-0.2, 0) is 13.1 Å². The van der Waals surface area contributed by atoms with E-state index in [1.807, 2.05) is 84.9 Å². The number of aromatic nitrogens is 4. The number of hydrogen-bond donors (Lipinski definition) is 3. The summed E-state index contributed by atoms with van der Waals surface area (Å²) in [7, 11) is 6.12. The van der Waals surface area contributed by atoms with Crippen LogP contribution in [0.2, 0.25) is 5.02 Å². The van der Waals surface area contributed by atoms with E-state index in [9.17, 15) is 4.79 Å². The number of carbonyl (C=O) groups excluding carboxylic acids is 1. The Balaban J connectivity index is 1.14. The molecule has 1 amide bonds. The first-order valence-electron chi connectivity index (χ1n) is 12.1. The Hall–Kier alpha value is -4.56. The molecule has 0 aliphatic rings. The van der Waals surface area contributed by atoms with Crippen LogP contribution < -0.4 is 16.1 Å². The maximum atomic E-state index is 12.6. The first kappa shape index (κ1) is 23.8. The molecule has 3 N–H and O–H groups in total. The predicted molar refractivity (Wildman–Crippen MR) is 152 cm³/mol. The molecule has 0 aliphatic carbocycles. The van der Waals surface area contributed by atoms with Gasteiger partial charge in [-0.2, -0.15) is 9.61 Å². The average Bonchev–Trinajstić information content (AvgIpc) is 3.55. The van der Waals surface area contributed by atoms with Crippen molar-refractivity contribution >= 4 is 53.2 Å². The Morgan fingerprint density at radius 2 is 1.68 bits per heavy atom. The fraction of sp³-hybridized carbons (Fsp3) is 0.0690. The van der Waals surface area contributed by atoms with Gasteiger partial charge >= 0.3 is 0 Å². The summed E-state index contributed by atoms with van der Waals surface area (Å²) in [5, 5.41) is 12.4. The minimum Gasteiger partial charge on any atom is -0.366 e. The van der Waals surface area contributed by atoms with Gasteiger partial charge in [0.2, 0.25) is 0 Å². The number of hydrogen-bond acceptors (Lipinski definition) is 4. The number of fused-ring (bicyclic) bond motifs is 2. The number of nitrogens with zero attached hydrogens (tertiary/aromatic N) is 3. The lowest BCUT2D eigenvalue weighted by molar-refractivity contribution is 0.0946. The first-order chi connectivity index (χ1) is 18.5. The molecule has 3 aromatic heterocycles. The van der Waals surface area contributed by atoms with Gasteiger partial charge in [0, 0.05) is 46.8 Å². The highest BCUT2D eigenvalue weighted by Crippen LogP contribution is 2.28. The number of anilines is 1. The van der Waals surface area contributed by atoms with Crippen molar-refractivity contribution in [2.24, 2.45) is 0 Å². The van der Waals surface area contributed by atoms with Crippen LogP contribution in [0.1, 0.15) is 21.6 Å². The quantitative estimate of drug-likeness (QED) is 0.264. The summed E-state index contributed by atoms with van der Waals surface area (Å²) in [5.74, 6) is 0.609. The van der Waals surface area contributed by atoms with Crippen LogP contribution in [0.4, 0.5) is 5.82 Å². The number of rotatable bonds is 7. The number of benzene rings is 3. The van der Waals surface area contributed by atoms with E-state index in [1.54, 1.807) is 10.7 Å². The van der Waals surface area contributed by atoms with Gasteiger partial charge in [-0.3, -0.25) is 4.79 Å². The molecule has 0 bridgehead atoms. The fourth-order valence-electron chi connectivity index (χ4n) is 4.35. The Bertz CT molecular complexity index is 1740. The van der Waals surface area contributed by atoms with E-state index in [0.29, 0.717) is 40.6 Å². The summed E-state index contributed by atoms with van der Waals surface area (Å²) in [4.78, 5) is 20.4. The second-order valence-corrected chi connectivity index (χ2v) is 9.37. The zero-order valence-electron chi connectivity index (χ0n) is 20.3. The Morgan fingerprint density at radius 3 is 2.47 bits per heavy atom. The van der Waals surface area contributed by atoms with Crippen molar-refractivity contribution < 1.29 is 4.79 Å². The van der Waals surface area contributed by atoms with Crippen LogP contribution in [0.5, 0.6) is 0 Å². The van der Waals surface area contributed by atoms with Gasteiger partial charge in [-0.25, -0.2) is 4.98 Å². The van der Waals surface area contributed by atoms with Crippen molar-refractivity contribution in [3.05, 3.63) is 113 Å². The molecule has 0 unspecified atom stereocenters. The first-order valence-corrected chi connectivity index (χ1v) is 12.5. The Labute approximate surface area is 225 Å². The SMILES string of the molecule is [B]c1cnn2c(NCc3ccc(CNC(=O)c4cc5ccccc5[nH]4)cc3)cc(-c3ccccc3Cl)nc12. The van der Waals surface area contributed by atoms with Gasteiger partial charge in [0.1, 0.15) is 19.4 Å². The minimum absolute atomic E-state index is 0.138. The molecule has 6 aromatic rings. The molecule has 9 heteroatoms. The smallest absolute Gasteiger partial charge is 0.267 e. The molecule has 3 aromatic carbocycles. The predicted octanol–water partition coefficient (Wildman–Crippen LogP) is 4.87. The third kappa shape index (κ3) is 4.74. The Kier molecular flexibility index (Phi) is 6.31. The van der Waals surface area contributed by atoms with Gasteiger partial charge in [-0.05, 0) is 34.8 Å². The van der Waals surface area contributed by atoms with E-state index < -0.39 is 0 Å². The number of H-pyrrole nitrogens is 1. The number of carbonyl (C=O) groups is 1. The monoisotopic (exact) mass is 516 g/mol. The molecule has 0 atom stereocenters. The highest BCUT2D eigenvalue weighted by Gasteiger charge is 2.13. The highest BCUT2D eigenvalue weighted by molar-refractivity contribution is 6.36. The lowest BCUT2D eigenvalue weighted by atomic mass is 10.0. The van der Waals surface area contributed by atoms with Gasteiger partial charge in [0.05, 0.1) is 5.69 Å². The lowest BCUT2D eigenvalue weighted by Gasteiger charge is -2.12. The van der Waals surface area contributed by atoms with Crippen LogP contribution in [-0.4, -0.2) is 33.3 Å². The number of nitrogens with one attached hydrogen (secondary N) is 3. The van der Waals surface area contributed by atoms with E-state index in [2.05, 4.69) is 25.7 Å². The van der Waals surface area contributed by atoms with Crippen molar-refractivity contribution in [2.45, 2.75) is 13.1 Å². The van der Waals surface area contributed by atoms with Gasteiger partial charge < -0.3 is 15.6 Å². The van der Waals surface area contributed by atoms with Crippen LogP contribution in [0.15, 0.2) is 91.1 Å². The van der Waals surface area contributed by atoms with Crippen LogP contribution in [0.25, 0.3) is 27.8 Å². The van der Waals surface area contributed by atoms with E-state index in [-0.39, 0.29) is 5.91 Å². The summed E-state index contributed by atoms with van der Waals surface area (Å²) >= 11 is 6.42. The Morgan fingerprint density at radius 1 is 0.947 bits per heavy atom. The molecule has 0 saturated carbocycles. The van der Waals surface area contributed by atoms with Gasteiger partial charge in [0.15, 0.2) is 5.65 Å². The van der Waals surface area contributed by atoms with E-state index in [4.69, 9.17) is 19.4 Å². The molecule has 2 radical (unpaired) electrons. The maximum Gasteiger partial charge on any atom is 0.267 e. The van der Waals surface area contributed by atoms with Crippen molar-refractivity contribution in [1.82, 2.24) is 24.9 Å².